The molecule has 11 nitrogen and oxygen atoms in total. The summed E-state index contributed by atoms with van der Waals surface area (Å²) in [6.45, 7) is 5.56. The van der Waals surface area contributed by atoms with E-state index in [2.05, 4.69) is 20.8 Å². The Bertz CT molecular complexity index is 546. The maximum Gasteiger partial charge on any atom is 0.187 e. The topological polar surface area (TPSA) is 179 Å². The van der Waals surface area contributed by atoms with Crippen molar-refractivity contribution in [2.75, 3.05) is 19.8 Å². The molecule has 2 aliphatic heterocycles. The van der Waals surface area contributed by atoms with Gasteiger partial charge in [-0.25, -0.2) is 0 Å². The zero-order valence-electron chi connectivity index (χ0n) is 19.6. The summed E-state index contributed by atoms with van der Waals surface area (Å²) in [5.41, 5.74) is 0. The molecule has 196 valence electrons. The lowest BCUT2D eigenvalue weighted by Crippen LogP contribution is -2.64. The zero-order chi connectivity index (χ0) is 24.7. The minimum absolute atomic E-state index is 0.299. The van der Waals surface area contributed by atoms with E-state index in [1.54, 1.807) is 0 Å². The summed E-state index contributed by atoms with van der Waals surface area (Å²) >= 11 is 0. The van der Waals surface area contributed by atoms with Crippen molar-refractivity contribution in [1.29, 1.82) is 0 Å². The maximum atomic E-state index is 10.6. The first kappa shape index (κ1) is 28.8. The third-order valence-corrected chi connectivity index (χ3v) is 6.33. The highest BCUT2D eigenvalue weighted by Crippen LogP contribution is 2.29. The molecule has 11 atom stereocenters. The highest BCUT2D eigenvalue weighted by Gasteiger charge is 2.50. The fourth-order valence-electron chi connectivity index (χ4n) is 4.10. The predicted molar refractivity (Wildman–Crippen MR) is 115 cm³/mol. The van der Waals surface area contributed by atoms with E-state index in [0.29, 0.717) is 18.4 Å². The van der Waals surface area contributed by atoms with Crippen LogP contribution < -0.4 is 0 Å². The lowest BCUT2D eigenvalue weighted by molar-refractivity contribution is -0.359. The van der Waals surface area contributed by atoms with Crippen LogP contribution in [0.25, 0.3) is 0 Å². The number of rotatable bonds is 12. The third kappa shape index (κ3) is 7.77. The first-order valence-corrected chi connectivity index (χ1v) is 11.8. The van der Waals surface area contributed by atoms with Crippen LogP contribution in [0.1, 0.15) is 46.5 Å². The zero-order valence-corrected chi connectivity index (χ0v) is 19.6. The van der Waals surface area contributed by atoms with Crippen LogP contribution in [-0.2, 0) is 18.9 Å². The van der Waals surface area contributed by atoms with Crippen LogP contribution in [0.15, 0.2) is 0 Å². The fourth-order valence-corrected chi connectivity index (χ4v) is 4.10. The second kappa shape index (κ2) is 13.6. The van der Waals surface area contributed by atoms with E-state index in [9.17, 15) is 35.7 Å². The predicted octanol–water partition coefficient (Wildman–Crippen LogP) is -1.52. The standard InChI is InChI=1S/C22H42O11/c1-11(2)5-4-6-12(3)7-8-30-21-19(29)17(27)20(14(10-24)32-21)33-22-18(28)16(26)15(25)13(9-23)31-22/h11-29H,4-10H2,1-3H3/t12?,13-,14-,15-,16+,17-,18-,19-,20-,21+,22+/m1/s1. The largest absolute Gasteiger partial charge is 0.394 e. The van der Waals surface area contributed by atoms with Gasteiger partial charge in [0.25, 0.3) is 0 Å². The van der Waals surface area contributed by atoms with E-state index in [1.165, 1.54) is 0 Å². The van der Waals surface area contributed by atoms with Crippen molar-refractivity contribution < 1.29 is 54.7 Å². The van der Waals surface area contributed by atoms with Gasteiger partial charge in [-0.15, -0.1) is 0 Å². The number of hydrogen-bond donors (Lipinski definition) is 7. The molecule has 11 heteroatoms. The molecule has 2 heterocycles. The van der Waals surface area contributed by atoms with Crippen LogP contribution >= 0.6 is 0 Å². The minimum Gasteiger partial charge on any atom is -0.394 e. The summed E-state index contributed by atoms with van der Waals surface area (Å²) in [4.78, 5) is 0. The van der Waals surface area contributed by atoms with Gasteiger partial charge in [0.1, 0.15) is 48.8 Å². The summed E-state index contributed by atoms with van der Waals surface area (Å²) in [6.07, 6.45) is -10.3. The van der Waals surface area contributed by atoms with Gasteiger partial charge in [0, 0.05) is 0 Å². The normalized spacial score (nSPS) is 40.8. The smallest absolute Gasteiger partial charge is 0.187 e. The Hall–Kier alpha value is -0.440. The van der Waals surface area contributed by atoms with Crippen molar-refractivity contribution in [3.8, 4) is 0 Å². The van der Waals surface area contributed by atoms with Crippen LogP contribution in [-0.4, -0.2) is 117 Å². The molecule has 0 spiro atoms. The quantitative estimate of drug-likeness (QED) is 0.172. The van der Waals surface area contributed by atoms with Gasteiger partial charge in [-0.3, -0.25) is 0 Å². The Morgan fingerprint density at radius 3 is 1.91 bits per heavy atom. The van der Waals surface area contributed by atoms with Crippen LogP contribution in [0, 0.1) is 11.8 Å². The minimum atomic E-state index is -1.70. The molecule has 2 aliphatic rings. The summed E-state index contributed by atoms with van der Waals surface area (Å²) in [5, 5.41) is 70.1. The summed E-state index contributed by atoms with van der Waals surface area (Å²) < 4.78 is 22.0. The molecule has 2 fully saturated rings. The van der Waals surface area contributed by atoms with Crippen LogP contribution in [0.4, 0.5) is 0 Å². The number of aliphatic hydroxyl groups is 7. The van der Waals surface area contributed by atoms with Gasteiger partial charge >= 0.3 is 0 Å². The van der Waals surface area contributed by atoms with E-state index in [-0.39, 0.29) is 0 Å². The van der Waals surface area contributed by atoms with Gasteiger partial charge in [0.05, 0.1) is 19.8 Å². The molecule has 0 aromatic rings. The Morgan fingerprint density at radius 2 is 1.30 bits per heavy atom. The van der Waals surface area contributed by atoms with Gasteiger partial charge in [0.15, 0.2) is 12.6 Å². The Balaban J connectivity index is 1.90. The van der Waals surface area contributed by atoms with Crippen molar-refractivity contribution >= 4 is 0 Å². The molecular formula is C22H42O11. The Morgan fingerprint density at radius 1 is 0.697 bits per heavy atom. The highest BCUT2D eigenvalue weighted by atomic mass is 16.7. The van der Waals surface area contributed by atoms with E-state index in [4.69, 9.17) is 18.9 Å². The summed E-state index contributed by atoms with van der Waals surface area (Å²) in [6, 6.07) is 0. The summed E-state index contributed by atoms with van der Waals surface area (Å²) in [5.74, 6) is 1.08. The number of ether oxygens (including phenoxy) is 4. The highest BCUT2D eigenvalue weighted by molar-refractivity contribution is 4.94. The number of hydrogen-bond acceptors (Lipinski definition) is 11. The average Bonchev–Trinajstić information content (AvgIpc) is 2.78. The van der Waals surface area contributed by atoms with Crippen molar-refractivity contribution in [2.45, 2.75) is 108 Å². The summed E-state index contributed by atoms with van der Waals surface area (Å²) in [7, 11) is 0. The molecule has 0 radical (unpaired) electrons. The van der Waals surface area contributed by atoms with Gasteiger partial charge in [0.2, 0.25) is 0 Å². The molecule has 2 saturated heterocycles. The molecule has 0 aromatic carbocycles. The van der Waals surface area contributed by atoms with Crippen molar-refractivity contribution in [2.24, 2.45) is 11.8 Å². The average molecular weight is 483 g/mol. The molecular weight excluding hydrogens is 440 g/mol. The SMILES string of the molecule is CC(C)CCCC(C)CCO[C@H]1O[C@H](CO)[C@@H](O[C@@H]2O[C@H](CO)[C@@H](O)[C@H](O)[C@H]2O)[C@H](O)[C@H]1O. The van der Waals surface area contributed by atoms with Crippen molar-refractivity contribution in [3.05, 3.63) is 0 Å². The van der Waals surface area contributed by atoms with E-state index in [0.717, 1.165) is 25.7 Å². The molecule has 0 aliphatic carbocycles. The van der Waals surface area contributed by atoms with E-state index >= 15 is 0 Å². The first-order chi connectivity index (χ1) is 15.6. The first-order valence-electron chi connectivity index (χ1n) is 11.8. The maximum absolute atomic E-state index is 10.6. The van der Waals surface area contributed by atoms with Gasteiger partial charge in [-0.05, 0) is 18.3 Å². The molecule has 0 amide bonds. The monoisotopic (exact) mass is 482 g/mol. The van der Waals surface area contributed by atoms with E-state index < -0.39 is 74.6 Å². The lowest BCUT2D eigenvalue weighted by atomic mass is 9.96. The van der Waals surface area contributed by atoms with E-state index in [1.807, 2.05) is 0 Å². The van der Waals surface area contributed by atoms with Gasteiger partial charge < -0.3 is 54.7 Å². The van der Waals surface area contributed by atoms with Crippen LogP contribution in [0.5, 0.6) is 0 Å². The molecule has 33 heavy (non-hydrogen) atoms. The molecule has 0 aromatic heterocycles. The molecule has 2 rings (SSSR count). The van der Waals surface area contributed by atoms with Gasteiger partial charge in [-0.2, -0.15) is 0 Å². The molecule has 1 unspecified atom stereocenters. The molecule has 0 saturated carbocycles. The second-order valence-electron chi connectivity index (χ2n) is 9.59. The molecule has 0 bridgehead atoms. The van der Waals surface area contributed by atoms with Crippen LogP contribution in [0.2, 0.25) is 0 Å². The Labute approximate surface area is 194 Å². The fraction of sp³-hybridized carbons (Fsp3) is 1.00. The van der Waals surface area contributed by atoms with Crippen molar-refractivity contribution in [3.63, 3.8) is 0 Å². The number of aliphatic hydroxyl groups excluding tert-OH is 7. The van der Waals surface area contributed by atoms with Crippen molar-refractivity contribution in [1.82, 2.24) is 0 Å². The second-order valence-corrected chi connectivity index (χ2v) is 9.59. The third-order valence-electron chi connectivity index (χ3n) is 6.33. The van der Waals surface area contributed by atoms with Gasteiger partial charge in [-0.1, -0.05) is 40.0 Å². The van der Waals surface area contributed by atoms with Crippen LogP contribution in [0.3, 0.4) is 0 Å². The molecule has 7 N–H and O–H groups in total. The Kier molecular flexibility index (Phi) is 11.9. The lowest BCUT2D eigenvalue weighted by Gasteiger charge is -2.46.